The second kappa shape index (κ2) is 6.08. The van der Waals surface area contributed by atoms with Crippen molar-refractivity contribution in [2.24, 2.45) is 0 Å². The van der Waals surface area contributed by atoms with E-state index >= 15 is 0 Å². The van der Waals surface area contributed by atoms with Crippen molar-refractivity contribution >= 4 is 15.9 Å². The molecule has 0 aromatic heterocycles. The van der Waals surface area contributed by atoms with Crippen molar-refractivity contribution < 1.29 is 14.6 Å². The lowest BCUT2D eigenvalue weighted by atomic mass is 10.0. The topological polar surface area (TPSA) is 38.7 Å². The van der Waals surface area contributed by atoms with Crippen molar-refractivity contribution in [3.8, 4) is 11.5 Å². The Morgan fingerprint density at radius 1 is 1.05 bits per heavy atom. The minimum absolute atomic E-state index is 0.633. The molecule has 100 valence electrons. The summed E-state index contributed by atoms with van der Waals surface area (Å²) in [6.07, 6.45) is -0.762. The molecule has 2 aromatic carbocycles. The lowest BCUT2D eigenvalue weighted by Crippen LogP contribution is -2.03. The Morgan fingerprint density at radius 2 is 1.84 bits per heavy atom. The number of aliphatic hydroxyl groups excluding tert-OH is 1. The molecule has 0 aliphatic rings. The van der Waals surface area contributed by atoms with Crippen molar-refractivity contribution in [3.63, 3.8) is 0 Å². The molecule has 0 bridgehead atoms. The summed E-state index contributed by atoms with van der Waals surface area (Å²) in [5.74, 6) is 1.32. The quantitative estimate of drug-likeness (QED) is 0.935. The van der Waals surface area contributed by atoms with Crippen LogP contribution in [-0.2, 0) is 0 Å². The second-order valence-electron chi connectivity index (χ2n) is 4.07. The summed E-state index contributed by atoms with van der Waals surface area (Å²) in [5.41, 5.74) is 1.47. The van der Waals surface area contributed by atoms with Crippen molar-refractivity contribution in [3.05, 3.63) is 58.1 Å². The summed E-state index contributed by atoms with van der Waals surface area (Å²) < 4.78 is 11.4. The molecule has 1 atom stereocenters. The molecule has 1 N–H and O–H groups in total. The van der Waals surface area contributed by atoms with Gasteiger partial charge in [0.2, 0.25) is 0 Å². The van der Waals surface area contributed by atoms with Gasteiger partial charge >= 0.3 is 0 Å². The SMILES string of the molecule is COc1ccc(OC)c(C(O)c2cccc(Br)c2)c1. The molecule has 0 saturated heterocycles. The summed E-state index contributed by atoms with van der Waals surface area (Å²) in [5, 5.41) is 10.5. The minimum atomic E-state index is -0.762. The third-order valence-electron chi connectivity index (χ3n) is 2.90. The molecule has 0 heterocycles. The number of hydrogen-bond donors (Lipinski definition) is 1. The molecule has 0 amide bonds. The first-order chi connectivity index (χ1) is 9.15. The van der Waals surface area contributed by atoms with Gasteiger partial charge in [0.15, 0.2) is 0 Å². The predicted octanol–water partition coefficient (Wildman–Crippen LogP) is 3.55. The first-order valence-corrected chi connectivity index (χ1v) is 6.60. The van der Waals surface area contributed by atoms with Crippen LogP contribution in [0.2, 0.25) is 0 Å². The van der Waals surface area contributed by atoms with E-state index in [0.717, 1.165) is 10.0 Å². The maximum absolute atomic E-state index is 10.5. The first kappa shape index (κ1) is 13.9. The highest BCUT2D eigenvalue weighted by molar-refractivity contribution is 9.10. The number of aliphatic hydroxyl groups is 1. The minimum Gasteiger partial charge on any atom is -0.497 e. The molecule has 0 aliphatic heterocycles. The van der Waals surface area contributed by atoms with E-state index in [-0.39, 0.29) is 0 Å². The van der Waals surface area contributed by atoms with Crippen LogP contribution in [0.1, 0.15) is 17.2 Å². The van der Waals surface area contributed by atoms with Crippen LogP contribution < -0.4 is 9.47 Å². The van der Waals surface area contributed by atoms with Crippen LogP contribution in [0, 0.1) is 0 Å². The highest BCUT2D eigenvalue weighted by Gasteiger charge is 2.16. The highest BCUT2D eigenvalue weighted by Crippen LogP contribution is 2.33. The molecule has 3 nitrogen and oxygen atoms in total. The van der Waals surface area contributed by atoms with Crippen molar-refractivity contribution in [2.45, 2.75) is 6.10 Å². The summed E-state index contributed by atoms with van der Waals surface area (Å²) in [6, 6.07) is 12.9. The van der Waals surface area contributed by atoms with E-state index in [0.29, 0.717) is 17.1 Å². The van der Waals surface area contributed by atoms with Gasteiger partial charge in [-0.15, -0.1) is 0 Å². The third kappa shape index (κ3) is 3.08. The van der Waals surface area contributed by atoms with Crippen LogP contribution in [0.5, 0.6) is 11.5 Å². The summed E-state index contributed by atoms with van der Waals surface area (Å²) in [7, 11) is 3.18. The van der Waals surface area contributed by atoms with Crippen LogP contribution in [-0.4, -0.2) is 19.3 Å². The van der Waals surface area contributed by atoms with Crippen LogP contribution in [0.15, 0.2) is 46.9 Å². The molecule has 0 aliphatic carbocycles. The van der Waals surface area contributed by atoms with Gasteiger partial charge in [0.1, 0.15) is 17.6 Å². The molecule has 0 saturated carbocycles. The average molecular weight is 323 g/mol. The van der Waals surface area contributed by atoms with E-state index in [1.165, 1.54) is 0 Å². The van der Waals surface area contributed by atoms with Gasteiger partial charge in [-0.1, -0.05) is 28.1 Å². The lowest BCUT2D eigenvalue weighted by molar-refractivity contribution is 0.214. The number of rotatable bonds is 4. The number of methoxy groups -OCH3 is 2. The Bertz CT molecular complexity index is 569. The van der Waals surface area contributed by atoms with Crippen LogP contribution >= 0.6 is 15.9 Å². The lowest BCUT2D eigenvalue weighted by Gasteiger charge is -2.16. The Labute approximate surface area is 120 Å². The normalized spacial score (nSPS) is 12.0. The average Bonchev–Trinajstić information content (AvgIpc) is 2.45. The van der Waals surface area contributed by atoms with E-state index in [2.05, 4.69) is 15.9 Å². The van der Waals surface area contributed by atoms with E-state index in [1.54, 1.807) is 32.4 Å². The maximum atomic E-state index is 10.5. The smallest absolute Gasteiger partial charge is 0.125 e. The number of hydrogen-bond acceptors (Lipinski definition) is 3. The molecule has 0 radical (unpaired) electrons. The Hall–Kier alpha value is -1.52. The highest BCUT2D eigenvalue weighted by atomic mass is 79.9. The van der Waals surface area contributed by atoms with Gasteiger partial charge in [0.25, 0.3) is 0 Å². The zero-order chi connectivity index (χ0) is 13.8. The standard InChI is InChI=1S/C15H15BrO3/c1-18-12-6-7-14(19-2)13(9-12)15(17)10-4-3-5-11(16)8-10/h3-9,15,17H,1-2H3. The van der Waals surface area contributed by atoms with Gasteiger partial charge in [-0.3, -0.25) is 0 Å². The van der Waals surface area contributed by atoms with Crippen LogP contribution in [0.25, 0.3) is 0 Å². The number of halogens is 1. The zero-order valence-corrected chi connectivity index (χ0v) is 12.3. The van der Waals surface area contributed by atoms with Crippen molar-refractivity contribution in [1.29, 1.82) is 0 Å². The zero-order valence-electron chi connectivity index (χ0n) is 10.8. The van der Waals surface area contributed by atoms with Gasteiger partial charge in [-0.25, -0.2) is 0 Å². The molecule has 0 spiro atoms. The van der Waals surface area contributed by atoms with Gasteiger partial charge in [0.05, 0.1) is 14.2 Å². The van der Waals surface area contributed by atoms with Gasteiger partial charge in [0, 0.05) is 10.0 Å². The fourth-order valence-electron chi connectivity index (χ4n) is 1.91. The summed E-state index contributed by atoms with van der Waals surface area (Å²) >= 11 is 3.40. The Kier molecular flexibility index (Phi) is 4.45. The van der Waals surface area contributed by atoms with Crippen molar-refractivity contribution in [1.82, 2.24) is 0 Å². The van der Waals surface area contributed by atoms with E-state index in [9.17, 15) is 5.11 Å². The molecule has 2 aromatic rings. The monoisotopic (exact) mass is 322 g/mol. The van der Waals surface area contributed by atoms with Gasteiger partial charge in [-0.2, -0.15) is 0 Å². The Balaban J connectivity index is 2.44. The summed E-state index contributed by atoms with van der Waals surface area (Å²) in [6.45, 7) is 0. The Morgan fingerprint density at radius 3 is 2.47 bits per heavy atom. The number of benzene rings is 2. The van der Waals surface area contributed by atoms with Gasteiger partial charge in [-0.05, 0) is 35.9 Å². The molecule has 0 fully saturated rings. The number of ether oxygens (including phenoxy) is 2. The van der Waals surface area contributed by atoms with Crippen molar-refractivity contribution in [2.75, 3.05) is 14.2 Å². The maximum Gasteiger partial charge on any atom is 0.125 e. The molecular formula is C15H15BrO3. The van der Waals surface area contributed by atoms with Crippen LogP contribution in [0.3, 0.4) is 0 Å². The fraction of sp³-hybridized carbons (Fsp3) is 0.200. The molecular weight excluding hydrogens is 308 g/mol. The van der Waals surface area contributed by atoms with E-state index in [1.807, 2.05) is 24.3 Å². The summed E-state index contributed by atoms with van der Waals surface area (Å²) in [4.78, 5) is 0. The molecule has 19 heavy (non-hydrogen) atoms. The fourth-order valence-corrected chi connectivity index (χ4v) is 2.33. The molecule has 1 unspecified atom stereocenters. The largest absolute Gasteiger partial charge is 0.497 e. The van der Waals surface area contributed by atoms with E-state index < -0.39 is 6.10 Å². The van der Waals surface area contributed by atoms with Crippen LogP contribution in [0.4, 0.5) is 0 Å². The molecule has 2 rings (SSSR count). The first-order valence-electron chi connectivity index (χ1n) is 5.81. The predicted molar refractivity (Wildman–Crippen MR) is 77.7 cm³/mol. The third-order valence-corrected chi connectivity index (χ3v) is 3.39. The second-order valence-corrected chi connectivity index (χ2v) is 4.98. The molecule has 4 heteroatoms. The van der Waals surface area contributed by atoms with E-state index in [4.69, 9.17) is 9.47 Å². The van der Waals surface area contributed by atoms with Gasteiger partial charge < -0.3 is 14.6 Å².